The zero-order chi connectivity index (χ0) is 17.3. The van der Waals surface area contributed by atoms with Crippen LogP contribution in [-0.2, 0) is 0 Å². The van der Waals surface area contributed by atoms with Gasteiger partial charge >= 0.3 is 0 Å². The van der Waals surface area contributed by atoms with Crippen molar-refractivity contribution in [2.45, 2.75) is 0 Å². The van der Waals surface area contributed by atoms with Gasteiger partial charge in [-0.2, -0.15) is 0 Å². The van der Waals surface area contributed by atoms with Crippen molar-refractivity contribution < 1.29 is 4.42 Å². The summed E-state index contributed by atoms with van der Waals surface area (Å²) in [7, 11) is 0. The quantitative estimate of drug-likeness (QED) is 0.255. The standard InChI is InChI=1S/C24H13ClO/c25-14-9-10-16-15-5-1-2-6-17(15)23-18(20(16)13-14)11-12-22-24(23)19-7-3-4-8-21(19)26-22/h1-13H. The molecule has 2 heteroatoms. The Bertz CT molecular complexity index is 1490. The zero-order valence-corrected chi connectivity index (χ0v) is 14.5. The van der Waals surface area contributed by atoms with Crippen molar-refractivity contribution in [3.05, 3.63) is 83.9 Å². The topological polar surface area (TPSA) is 13.1 Å². The van der Waals surface area contributed by atoms with E-state index >= 15 is 0 Å². The van der Waals surface area contributed by atoms with Crippen LogP contribution in [0.25, 0.3) is 54.3 Å². The van der Waals surface area contributed by atoms with E-state index < -0.39 is 0 Å². The average molecular weight is 353 g/mol. The molecule has 6 rings (SSSR count). The van der Waals surface area contributed by atoms with Gasteiger partial charge in [0.1, 0.15) is 11.2 Å². The van der Waals surface area contributed by atoms with Crippen LogP contribution in [0.2, 0.25) is 5.02 Å². The lowest BCUT2D eigenvalue weighted by atomic mass is 9.92. The molecule has 5 aromatic carbocycles. The Kier molecular flexibility index (Phi) is 2.72. The van der Waals surface area contributed by atoms with Crippen LogP contribution in [0.1, 0.15) is 0 Å². The third-order valence-electron chi connectivity index (χ3n) is 5.30. The number of benzene rings is 5. The van der Waals surface area contributed by atoms with E-state index in [2.05, 4.69) is 60.7 Å². The predicted molar refractivity (Wildman–Crippen MR) is 111 cm³/mol. The van der Waals surface area contributed by atoms with Gasteiger partial charge in [-0.05, 0) is 57.3 Å². The van der Waals surface area contributed by atoms with E-state index in [1.807, 2.05) is 18.2 Å². The second-order valence-corrected chi connectivity index (χ2v) is 7.13. The molecule has 1 aromatic heterocycles. The largest absolute Gasteiger partial charge is 0.456 e. The highest BCUT2D eigenvalue weighted by Gasteiger charge is 2.15. The highest BCUT2D eigenvalue weighted by molar-refractivity contribution is 6.36. The van der Waals surface area contributed by atoms with Crippen LogP contribution >= 0.6 is 11.6 Å². The zero-order valence-electron chi connectivity index (χ0n) is 13.8. The average Bonchev–Trinajstić information content (AvgIpc) is 3.06. The molecule has 1 nitrogen and oxygen atoms in total. The van der Waals surface area contributed by atoms with Gasteiger partial charge in [-0.25, -0.2) is 0 Å². The first-order valence-corrected chi connectivity index (χ1v) is 9.03. The predicted octanol–water partition coefficient (Wildman–Crippen LogP) is 7.70. The van der Waals surface area contributed by atoms with E-state index in [0.29, 0.717) is 0 Å². The summed E-state index contributed by atoms with van der Waals surface area (Å²) in [5.41, 5.74) is 1.84. The fraction of sp³-hybridized carbons (Fsp3) is 0. The maximum atomic E-state index is 6.34. The smallest absolute Gasteiger partial charge is 0.136 e. The molecule has 0 saturated heterocycles. The number of halogens is 1. The lowest BCUT2D eigenvalue weighted by Gasteiger charge is -2.11. The highest BCUT2D eigenvalue weighted by Crippen LogP contribution is 2.42. The summed E-state index contributed by atoms with van der Waals surface area (Å²) in [4.78, 5) is 0. The van der Waals surface area contributed by atoms with E-state index in [9.17, 15) is 0 Å². The van der Waals surface area contributed by atoms with E-state index in [1.54, 1.807) is 0 Å². The molecule has 0 N–H and O–H groups in total. The molecule has 0 atom stereocenters. The summed E-state index contributed by atoms with van der Waals surface area (Å²) in [6, 6.07) is 27.2. The van der Waals surface area contributed by atoms with Crippen molar-refractivity contribution in [1.82, 2.24) is 0 Å². The van der Waals surface area contributed by atoms with Gasteiger partial charge in [-0.3, -0.25) is 0 Å². The molecule has 0 aliphatic heterocycles. The maximum Gasteiger partial charge on any atom is 0.136 e. The molecule has 0 amide bonds. The lowest BCUT2D eigenvalue weighted by molar-refractivity contribution is 0.669. The third kappa shape index (κ3) is 1.76. The van der Waals surface area contributed by atoms with E-state index in [0.717, 1.165) is 21.6 Å². The van der Waals surface area contributed by atoms with Gasteiger partial charge in [0.15, 0.2) is 0 Å². The van der Waals surface area contributed by atoms with Crippen molar-refractivity contribution in [2.24, 2.45) is 0 Å². The molecule has 0 fully saturated rings. The second kappa shape index (κ2) is 5.00. The summed E-state index contributed by atoms with van der Waals surface area (Å²) >= 11 is 6.34. The van der Waals surface area contributed by atoms with Gasteiger partial charge in [0, 0.05) is 21.2 Å². The molecular formula is C24H13ClO. The van der Waals surface area contributed by atoms with Gasteiger partial charge in [0.05, 0.1) is 0 Å². The van der Waals surface area contributed by atoms with Crippen LogP contribution in [-0.4, -0.2) is 0 Å². The van der Waals surface area contributed by atoms with Crippen LogP contribution < -0.4 is 0 Å². The Morgan fingerprint density at radius 1 is 0.500 bits per heavy atom. The third-order valence-corrected chi connectivity index (χ3v) is 5.54. The Morgan fingerprint density at radius 2 is 1.15 bits per heavy atom. The molecular weight excluding hydrogens is 340 g/mol. The van der Waals surface area contributed by atoms with Crippen LogP contribution in [0.3, 0.4) is 0 Å². The van der Waals surface area contributed by atoms with Crippen LogP contribution in [0.4, 0.5) is 0 Å². The number of furan rings is 1. The van der Waals surface area contributed by atoms with Gasteiger partial charge in [0.2, 0.25) is 0 Å². The highest BCUT2D eigenvalue weighted by atomic mass is 35.5. The van der Waals surface area contributed by atoms with Gasteiger partial charge < -0.3 is 4.42 Å². The van der Waals surface area contributed by atoms with Crippen LogP contribution in [0.5, 0.6) is 0 Å². The molecule has 0 aliphatic carbocycles. The van der Waals surface area contributed by atoms with Crippen molar-refractivity contribution in [3.63, 3.8) is 0 Å². The molecule has 26 heavy (non-hydrogen) atoms. The first-order valence-electron chi connectivity index (χ1n) is 8.65. The molecule has 0 unspecified atom stereocenters. The fourth-order valence-electron chi connectivity index (χ4n) is 4.23. The van der Waals surface area contributed by atoms with Crippen LogP contribution in [0, 0.1) is 0 Å². The minimum absolute atomic E-state index is 0.756. The first-order chi connectivity index (χ1) is 12.8. The lowest BCUT2D eigenvalue weighted by Crippen LogP contribution is -1.84. The van der Waals surface area contributed by atoms with Gasteiger partial charge in [0.25, 0.3) is 0 Å². The Hall–Kier alpha value is -3.03. The number of rotatable bonds is 0. The minimum atomic E-state index is 0.756. The summed E-state index contributed by atoms with van der Waals surface area (Å²) in [5, 5.41) is 10.4. The van der Waals surface area contributed by atoms with Crippen molar-refractivity contribution >= 4 is 65.9 Å². The molecule has 6 aromatic rings. The van der Waals surface area contributed by atoms with E-state index in [-0.39, 0.29) is 0 Å². The molecule has 0 aliphatic rings. The Morgan fingerprint density at radius 3 is 2.04 bits per heavy atom. The normalized spacial score (nSPS) is 12.0. The monoisotopic (exact) mass is 352 g/mol. The number of hydrogen-bond donors (Lipinski definition) is 0. The van der Waals surface area contributed by atoms with Crippen LogP contribution in [0.15, 0.2) is 83.3 Å². The summed E-state index contributed by atoms with van der Waals surface area (Å²) in [5.74, 6) is 0. The van der Waals surface area contributed by atoms with E-state index in [1.165, 1.54) is 37.7 Å². The second-order valence-electron chi connectivity index (χ2n) is 6.69. The Labute approximate surface area is 154 Å². The SMILES string of the molecule is Clc1ccc2c3ccccc3c3c(ccc4oc5ccccc5c43)c2c1. The number of para-hydroxylation sites is 1. The maximum absolute atomic E-state index is 6.34. The summed E-state index contributed by atoms with van der Waals surface area (Å²) < 4.78 is 6.12. The van der Waals surface area contributed by atoms with E-state index in [4.69, 9.17) is 16.0 Å². The molecule has 0 spiro atoms. The summed E-state index contributed by atoms with van der Waals surface area (Å²) in [6.45, 7) is 0. The van der Waals surface area contributed by atoms with Gasteiger partial charge in [-0.1, -0.05) is 60.1 Å². The minimum Gasteiger partial charge on any atom is -0.456 e. The Balaban J connectivity index is 2.04. The fourth-order valence-corrected chi connectivity index (χ4v) is 4.40. The number of hydrogen-bond acceptors (Lipinski definition) is 1. The summed E-state index contributed by atoms with van der Waals surface area (Å²) in [6.07, 6.45) is 0. The van der Waals surface area contributed by atoms with Crippen molar-refractivity contribution in [2.75, 3.05) is 0 Å². The molecule has 0 bridgehead atoms. The molecule has 1 heterocycles. The van der Waals surface area contributed by atoms with Crippen molar-refractivity contribution in [3.8, 4) is 0 Å². The van der Waals surface area contributed by atoms with Gasteiger partial charge in [-0.15, -0.1) is 0 Å². The number of fused-ring (bicyclic) bond motifs is 10. The molecule has 0 radical (unpaired) electrons. The first kappa shape index (κ1) is 14.2. The molecule has 0 saturated carbocycles. The van der Waals surface area contributed by atoms with Crippen molar-refractivity contribution in [1.29, 1.82) is 0 Å². The molecule has 122 valence electrons.